The summed E-state index contributed by atoms with van der Waals surface area (Å²) in [6.45, 7) is 6.92. The van der Waals surface area contributed by atoms with E-state index in [0.29, 0.717) is 0 Å². The van der Waals surface area contributed by atoms with E-state index >= 15 is 0 Å². The molecule has 0 saturated heterocycles. The maximum Gasteiger partial charge on any atom is 0.261 e. The summed E-state index contributed by atoms with van der Waals surface area (Å²) in [6, 6.07) is 21.5. The second-order valence-electron chi connectivity index (χ2n) is 8.85. The molecule has 0 bridgehead atoms. The standard InChI is InChI=1S/C24H31ClO2Si/c1-24(2,3)28(21-10-6-4-7-11-21,22-12-8-5-9-13-22)27-20-16-14-19(15-17-20)23(26)18-25/h4-13,19-20H,14-18H2,1-3H3. The Morgan fingerprint density at radius 1 is 0.929 bits per heavy atom. The van der Waals surface area contributed by atoms with E-state index in [1.54, 1.807) is 0 Å². The van der Waals surface area contributed by atoms with E-state index in [1.165, 1.54) is 10.4 Å². The molecule has 0 N–H and O–H groups in total. The second-order valence-corrected chi connectivity index (χ2v) is 13.4. The van der Waals surface area contributed by atoms with E-state index in [2.05, 4.69) is 81.4 Å². The summed E-state index contributed by atoms with van der Waals surface area (Å²) in [4.78, 5) is 12.0. The van der Waals surface area contributed by atoms with Crippen molar-refractivity contribution in [1.82, 2.24) is 0 Å². The van der Waals surface area contributed by atoms with Crippen LogP contribution < -0.4 is 10.4 Å². The number of hydrogen-bond donors (Lipinski definition) is 0. The average Bonchev–Trinajstić information content (AvgIpc) is 2.72. The molecule has 0 atom stereocenters. The third kappa shape index (κ3) is 4.27. The van der Waals surface area contributed by atoms with Gasteiger partial charge in [0.05, 0.1) is 5.88 Å². The number of carbonyl (C=O) groups is 1. The Morgan fingerprint density at radius 3 is 1.79 bits per heavy atom. The minimum atomic E-state index is -2.51. The topological polar surface area (TPSA) is 26.3 Å². The summed E-state index contributed by atoms with van der Waals surface area (Å²) >= 11 is 5.77. The lowest BCUT2D eigenvalue weighted by Crippen LogP contribution is -2.67. The molecule has 1 aliphatic rings. The summed E-state index contributed by atoms with van der Waals surface area (Å²) in [5, 5.41) is 2.61. The van der Waals surface area contributed by atoms with Gasteiger partial charge in [-0.05, 0) is 41.1 Å². The Labute approximate surface area is 175 Å². The smallest absolute Gasteiger partial charge is 0.261 e. The number of halogens is 1. The first-order valence-electron chi connectivity index (χ1n) is 10.3. The van der Waals surface area contributed by atoms with Gasteiger partial charge in [-0.25, -0.2) is 0 Å². The highest BCUT2D eigenvalue weighted by molar-refractivity contribution is 6.99. The third-order valence-corrected chi connectivity index (χ3v) is 11.4. The number of Topliss-reactive ketones (excluding diaryl/α,β-unsaturated/α-hetero) is 1. The fourth-order valence-electron chi connectivity index (χ4n) is 4.55. The number of carbonyl (C=O) groups excluding carboxylic acids is 1. The molecule has 0 heterocycles. The predicted octanol–water partition coefficient (Wildman–Crippen LogP) is 4.93. The van der Waals surface area contributed by atoms with Gasteiger partial charge in [-0.1, -0.05) is 81.4 Å². The van der Waals surface area contributed by atoms with Crippen LogP contribution in [0.1, 0.15) is 46.5 Å². The van der Waals surface area contributed by atoms with Crippen molar-refractivity contribution in [2.24, 2.45) is 5.92 Å². The largest absolute Gasteiger partial charge is 0.404 e. The quantitative estimate of drug-likeness (QED) is 0.494. The number of benzene rings is 2. The van der Waals surface area contributed by atoms with Crippen LogP contribution in [0.4, 0.5) is 0 Å². The zero-order valence-electron chi connectivity index (χ0n) is 17.2. The van der Waals surface area contributed by atoms with Crippen LogP contribution in [0.3, 0.4) is 0 Å². The first-order chi connectivity index (χ1) is 13.4. The van der Waals surface area contributed by atoms with Gasteiger partial charge in [0.15, 0.2) is 5.78 Å². The molecular formula is C24H31ClO2Si. The third-order valence-electron chi connectivity index (χ3n) is 6.02. The van der Waals surface area contributed by atoms with Gasteiger partial charge in [0.25, 0.3) is 8.32 Å². The van der Waals surface area contributed by atoms with Gasteiger partial charge >= 0.3 is 0 Å². The average molecular weight is 415 g/mol. The zero-order chi connectivity index (χ0) is 20.2. The summed E-state index contributed by atoms with van der Waals surface area (Å²) in [5.41, 5.74) is 0. The van der Waals surface area contributed by atoms with E-state index in [1.807, 2.05) is 0 Å². The minimum Gasteiger partial charge on any atom is -0.404 e. The van der Waals surface area contributed by atoms with Crippen molar-refractivity contribution in [2.45, 2.75) is 57.6 Å². The lowest BCUT2D eigenvalue weighted by molar-refractivity contribution is -0.121. The van der Waals surface area contributed by atoms with Crippen molar-refractivity contribution in [3.8, 4) is 0 Å². The Kier molecular flexibility index (Phi) is 6.80. The van der Waals surface area contributed by atoms with Gasteiger partial charge in [0.2, 0.25) is 0 Å². The van der Waals surface area contributed by atoms with Crippen LogP contribution in [-0.4, -0.2) is 26.1 Å². The first-order valence-corrected chi connectivity index (χ1v) is 12.7. The molecule has 1 saturated carbocycles. The Hall–Kier alpha value is -1.42. The normalized spacial score (nSPS) is 20.7. The highest BCUT2D eigenvalue weighted by atomic mass is 35.5. The lowest BCUT2D eigenvalue weighted by atomic mass is 9.85. The molecule has 1 aliphatic carbocycles. The molecule has 0 aromatic heterocycles. The minimum absolute atomic E-state index is 0.0154. The van der Waals surface area contributed by atoms with Crippen LogP contribution in [0.25, 0.3) is 0 Å². The zero-order valence-corrected chi connectivity index (χ0v) is 18.9. The van der Waals surface area contributed by atoms with Gasteiger partial charge in [-0.3, -0.25) is 4.79 Å². The van der Waals surface area contributed by atoms with Gasteiger partial charge < -0.3 is 4.43 Å². The van der Waals surface area contributed by atoms with Crippen LogP contribution in [0, 0.1) is 5.92 Å². The molecule has 0 aliphatic heterocycles. The Bertz CT molecular complexity index is 723. The highest BCUT2D eigenvalue weighted by Gasteiger charge is 2.51. The van der Waals surface area contributed by atoms with E-state index in [0.717, 1.165) is 25.7 Å². The van der Waals surface area contributed by atoms with Crippen molar-refractivity contribution in [3.05, 3.63) is 60.7 Å². The molecule has 2 nitrogen and oxygen atoms in total. The first kappa shape index (κ1) is 21.3. The molecule has 0 radical (unpaired) electrons. The van der Waals surface area contributed by atoms with Crippen molar-refractivity contribution < 1.29 is 9.22 Å². The van der Waals surface area contributed by atoms with Crippen LogP contribution in [0.2, 0.25) is 5.04 Å². The fourth-order valence-corrected chi connectivity index (χ4v) is 9.52. The second kappa shape index (κ2) is 8.94. The fraction of sp³-hybridized carbons (Fsp3) is 0.458. The van der Waals surface area contributed by atoms with Crippen LogP contribution in [-0.2, 0) is 9.22 Å². The lowest BCUT2D eigenvalue weighted by Gasteiger charge is -2.46. The Balaban J connectivity index is 1.97. The van der Waals surface area contributed by atoms with Gasteiger partial charge in [-0.15, -0.1) is 11.6 Å². The predicted molar refractivity (Wildman–Crippen MR) is 120 cm³/mol. The molecule has 28 heavy (non-hydrogen) atoms. The highest BCUT2D eigenvalue weighted by Crippen LogP contribution is 2.39. The molecule has 0 unspecified atom stereocenters. The number of ketones is 1. The van der Waals surface area contributed by atoms with Crippen molar-refractivity contribution in [3.63, 3.8) is 0 Å². The SMILES string of the molecule is CC(C)(C)[Si](OC1CCC(C(=O)CCl)CC1)(c1ccccc1)c1ccccc1. The Morgan fingerprint density at radius 2 is 1.39 bits per heavy atom. The number of hydrogen-bond acceptors (Lipinski definition) is 2. The van der Waals surface area contributed by atoms with E-state index in [9.17, 15) is 4.79 Å². The molecule has 2 aromatic carbocycles. The molecule has 0 spiro atoms. The maximum absolute atomic E-state index is 12.0. The van der Waals surface area contributed by atoms with E-state index < -0.39 is 8.32 Å². The monoisotopic (exact) mass is 414 g/mol. The molecular weight excluding hydrogens is 384 g/mol. The van der Waals surface area contributed by atoms with Crippen molar-refractivity contribution >= 4 is 36.1 Å². The molecule has 3 rings (SSSR count). The molecule has 0 amide bonds. The van der Waals surface area contributed by atoms with Crippen molar-refractivity contribution in [2.75, 3.05) is 5.88 Å². The van der Waals surface area contributed by atoms with Gasteiger partial charge in [-0.2, -0.15) is 0 Å². The van der Waals surface area contributed by atoms with Crippen LogP contribution >= 0.6 is 11.6 Å². The molecule has 1 fully saturated rings. The van der Waals surface area contributed by atoms with E-state index in [4.69, 9.17) is 16.0 Å². The number of rotatable bonds is 6. The molecule has 150 valence electrons. The van der Waals surface area contributed by atoms with E-state index in [-0.39, 0.29) is 28.7 Å². The van der Waals surface area contributed by atoms with Crippen LogP contribution in [0.15, 0.2) is 60.7 Å². The van der Waals surface area contributed by atoms with Crippen LogP contribution in [0.5, 0.6) is 0 Å². The van der Waals surface area contributed by atoms with Gasteiger partial charge in [0, 0.05) is 12.0 Å². The maximum atomic E-state index is 12.0. The summed E-state index contributed by atoms with van der Waals surface area (Å²) < 4.78 is 7.17. The number of alkyl halides is 1. The summed E-state index contributed by atoms with van der Waals surface area (Å²) in [7, 11) is -2.51. The molecule has 4 heteroatoms. The summed E-state index contributed by atoms with van der Waals surface area (Å²) in [6.07, 6.45) is 3.81. The van der Waals surface area contributed by atoms with Gasteiger partial charge in [0.1, 0.15) is 0 Å². The van der Waals surface area contributed by atoms with Crippen molar-refractivity contribution in [1.29, 1.82) is 0 Å². The summed E-state index contributed by atoms with van der Waals surface area (Å²) in [5.74, 6) is 0.423. The molecule has 2 aromatic rings.